The van der Waals surface area contributed by atoms with Gasteiger partial charge in [0.25, 0.3) is 0 Å². The molecule has 0 saturated carbocycles. The minimum atomic E-state index is -3.98. The number of amides is 2. The van der Waals surface area contributed by atoms with E-state index in [1.54, 1.807) is 0 Å². The molecule has 214 valence electrons. The Balaban J connectivity index is 2.08. The van der Waals surface area contributed by atoms with E-state index < -0.39 is 39.9 Å². The van der Waals surface area contributed by atoms with Crippen LogP contribution in [0.2, 0.25) is 5.02 Å². The van der Waals surface area contributed by atoms with Crippen LogP contribution in [-0.4, -0.2) is 49.5 Å². The van der Waals surface area contributed by atoms with Crippen molar-refractivity contribution in [2.24, 2.45) is 0 Å². The van der Waals surface area contributed by atoms with Crippen LogP contribution in [0.5, 0.6) is 0 Å². The van der Waals surface area contributed by atoms with Crippen LogP contribution in [0.15, 0.2) is 72.8 Å². The van der Waals surface area contributed by atoms with E-state index in [1.165, 1.54) is 11.0 Å². The number of carbonyl (C=O) groups excluding carboxylic acids is 2. The van der Waals surface area contributed by atoms with Crippen molar-refractivity contribution in [2.45, 2.75) is 52.2 Å². The van der Waals surface area contributed by atoms with Crippen LogP contribution in [0.25, 0.3) is 0 Å². The van der Waals surface area contributed by atoms with Crippen LogP contribution in [0, 0.1) is 12.7 Å². The van der Waals surface area contributed by atoms with Gasteiger partial charge >= 0.3 is 0 Å². The zero-order valence-corrected chi connectivity index (χ0v) is 24.9. The average molecular weight is 588 g/mol. The summed E-state index contributed by atoms with van der Waals surface area (Å²) in [7, 11) is -3.98. The fourth-order valence-electron chi connectivity index (χ4n) is 4.15. The van der Waals surface area contributed by atoms with Crippen LogP contribution in [0.3, 0.4) is 0 Å². The van der Waals surface area contributed by atoms with Gasteiger partial charge in [0.2, 0.25) is 21.8 Å². The SMILES string of the molecule is Cc1ccc(CN(C(=O)CN(c2ccc(F)c(Cl)c2)S(C)(=O)=O)[C@H](Cc2ccccc2)C(=O)NC(C)(C)C)cc1. The van der Waals surface area contributed by atoms with Crippen molar-refractivity contribution < 1.29 is 22.4 Å². The Morgan fingerprint density at radius 2 is 1.60 bits per heavy atom. The van der Waals surface area contributed by atoms with Crippen molar-refractivity contribution in [2.75, 3.05) is 17.1 Å². The molecule has 0 fully saturated rings. The van der Waals surface area contributed by atoms with E-state index in [4.69, 9.17) is 11.6 Å². The van der Waals surface area contributed by atoms with E-state index in [-0.39, 0.29) is 29.6 Å². The first kappa shape index (κ1) is 31.1. The third-order valence-corrected chi connectivity index (χ3v) is 7.54. The summed E-state index contributed by atoms with van der Waals surface area (Å²) in [6.45, 7) is 6.94. The molecule has 1 atom stereocenters. The number of sulfonamides is 1. The topological polar surface area (TPSA) is 86.8 Å². The van der Waals surface area contributed by atoms with E-state index in [0.29, 0.717) is 0 Å². The molecule has 7 nitrogen and oxygen atoms in total. The molecule has 0 heterocycles. The summed E-state index contributed by atoms with van der Waals surface area (Å²) >= 11 is 5.93. The number of nitrogens with zero attached hydrogens (tertiary/aromatic N) is 2. The van der Waals surface area contributed by atoms with Crippen molar-refractivity contribution in [1.29, 1.82) is 0 Å². The molecule has 3 aromatic rings. The zero-order chi connectivity index (χ0) is 29.7. The highest BCUT2D eigenvalue weighted by Crippen LogP contribution is 2.25. The minimum absolute atomic E-state index is 0.0382. The lowest BCUT2D eigenvalue weighted by molar-refractivity contribution is -0.140. The van der Waals surface area contributed by atoms with E-state index in [2.05, 4.69) is 5.32 Å². The summed E-state index contributed by atoms with van der Waals surface area (Å²) in [5.41, 5.74) is 2.11. The molecule has 0 radical (unpaired) electrons. The Hall–Kier alpha value is -3.43. The second-order valence-electron chi connectivity index (χ2n) is 10.8. The molecular formula is C30H35ClFN3O4S. The van der Waals surface area contributed by atoms with E-state index in [1.807, 2.05) is 82.3 Å². The summed E-state index contributed by atoms with van der Waals surface area (Å²) in [6.07, 6.45) is 1.16. The first-order valence-electron chi connectivity index (χ1n) is 12.8. The average Bonchev–Trinajstić information content (AvgIpc) is 2.86. The maximum Gasteiger partial charge on any atom is 0.244 e. The van der Waals surface area contributed by atoms with Gasteiger partial charge in [-0.25, -0.2) is 12.8 Å². The van der Waals surface area contributed by atoms with E-state index >= 15 is 0 Å². The maximum atomic E-state index is 14.0. The third kappa shape index (κ3) is 8.79. The van der Waals surface area contributed by atoms with Crippen LogP contribution in [-0.2, 0) is 32.6 Å². The highest BCUT2D eigenvalue weighted by molar-refractivity contribution is 7.92. The van der Waals surface area contributed by atoms with Gasteiger partial charge in [-0.3, -0.25) is 13.9 Å². The van der Waals surface area contributed by atoms with Gasteiger partial charge in [0.05, 0.1) is 17.0 Å². The number of nitrogens with one attached hydrogen (secondary N) is 1. The highest BCUT2D eigenvalue weighted by Gasteiger charge is 2.34. The van der Waals surface area contributed by atoms with Crippen LogP contribution < -0.4 is 9.62 Å². The first-order chi connectivity index (χ1) is 18.6. The van der Waals surface area contributed by atoms with Gasteiger partial charge in [-0.1, -0.05) is 71.8 Å². The predicted molar refractivity (Wildman–Crippen MR) is 157 cm³/mol. The van der Waals surface area contributed by atoms with Crippen molar-refractivity contribution >= 4 is 39.1 Å². The lowest BCUT2D eigenvalue weighted by atomic mass is 10.0. The Kier molecular flexibility index (Phi) is 9.97. The molecule has 3 rings (SSSR count). The highest BCUT2D eigenvalue weighted by atomic mass is 35.5. The van der Waals surface area contributed by atoms with E-state index in [0.717, 1.165) is 39.4 Å². The molecule has 2 amide bonds. The van der Waals surface area contributed by atoms with Gasteiger partial charge in [-0.05, 0) is 57.0 Å². The van der Waals surface area contributed by atoms with Gasteiger partial charge in [0.15, 0.2) is 0 Å². The summed E-state index contributed by atoms with van der Waals surface area (Å²) in [4.78, 5) is 29.1. The Morgan fingerprint density at radius 3 is 2.15 bits per heavy atom. The molecule has 3 aromatic carbocycles. The first-order valence-corrected chi connectivity index (χ1v) is 15.0. The lowest BCUT2D eigenvalue weighted by Crippen LogP contribution is -2.56. The third-order valence-electron chi connectivity index (χ3n) is 6.11. The Bertz CT molecular complexity index is 1440. The van der Waals surface area contributed by atoms with Crippen LogP contribution in [0.1, 0.15) is 37.5 Å². The molecule has 0 aliphatic heterocycles. The number of hydrogen-bond donors (Lipinski definition) is 1. The molecule has 0 aromatic heterocycles. The molecule has 1 N–H and O–H groups in total. The molecule has 0 unspecified atom stereocenters. The zero-order valence-electron chi connectivity index (χ0n) is 23.3. The van der Waals surface area contributed by atoms with E-state index in [9.17, 15) is 22.4 Å². The Labute approximate surface area is 241 Å². The number of halogens is 2. The lowest BCUT2D eigenvalue weighted by Gasteiger charge is -2.35. The van der Waals surface area contributed by atoms with Gasteiger partial charge in [0, 0.05) is 18.5 Å². The van der Waals surface area contributed by atoms with Crippen LogP contribution >= 0.6 is 11.6 Å². The number of rotatable bonds is 10. The fraction of sp³-hybridized carbons (Fsp3) is 0.333. The van der Waals surface area contributed by atoms with Crippen molar-refractivity contribution in [1.82, 2.24) is 10.2 Å². The van der Waals surface area contributed by atoms with Gasteiger partial charge in [0.1, 0.15) is 18.4 Å². The quantitative estimate of drug-likeness (QED) is 0.357. The molecule has 0 saturated heterocycles. The second kappa shape index (κ2) is 12.8. The number of hydrogen-bond acceptors (Lipinski definition) is 4. The van der Waals surface area contributed by atoms with Crippen molar-refractivity contribution in [3.63, 3.8) is 0 Å². The van der Waals surface area contributed by atoms with Crippen molar-refractivity contribution in [3.05, 3.63) is 100 Å². The molecule has 0 spiro atoms. The number of carbonyl (C=O) groups is 2. The summed E-state index contributed by atoms with van der Waals surface area (Å²) in [5.74, 6) is -1.68. The predicted octanol–water partition coefficient (Wildman–Crippen LogP) is 5.11. The second-order valence-corrected chi connectivity index (χ2v) is 13.1. The maximum absolute atomic E-state index is 14.0. The standard InChI is InChI=1S/C30H35ClFN3O4S/c1-21-11-13-23(14-12-21)19-34(27(29(37)33-30(2,3)4)17-22-9-7-6-8-10-22)28(36)20-35(40(5,38)39)24-15-16-26(32)25(31)18-24/h6-16,18,27H,17,19-20H2,1-5H3,(H,33,37)/t27-/m1/s1. The van der Waals surface area contributed by atoms with Crippen LogP contribution in [0.4, 0.5) is 10.1 Å². The molecule has 0 bridgehead atoms. The minimum Gasteiger partial charge on any atom is -0.350 e. The number of aryl methyl sites for hydroxylation is 1. The fourth-order valence-corrected chi connectivity index (χ4v) is 5.17. The molecule has 40 heavy (non-hydrogen) atoms. The number of anilines is 1. The molecular weight excluding hydrogens is 553 g/mol. The Morgan fingerprint density at radius 1 is 0.975 bits per heavy atom. The van der Waals surface area contributed by atoms with Gasteiger partial charge < -0.3 is 10.2 Å². The normalized spacial score (nSPS) is 12.5. The number of benzene rings is 3. The monoisotopic (exact) mass is 587 g/mol. The molecule has 10 heteroatoms. The molecule has 0 aliphatic carbocycles. The smallest absolute Gasteiger partial charge is 0.244 e. The molecule has 0 aliphatic rings. The summed E-state index contributed by atoms with van der Waals surface area (Å²) in [5, 5.41) is 2.70. The van der Waals surface area contributed by atoms with Gasteiger partial charge in [-0.2, -0.15) is 0 Å². The summed E-state index contributed by atoms with van der Waals surface area (Å²) < 4.78 is 40.3. The summed E-state index contributed by atoms with van der Waals surface area (Å²) in [6, 6.07) is 19.3. The van der Waals surface area contributed by atoms with Crippen molar-refractivity contribution in [3.8, 4) is 0 Å². The van der Waals surface area contributed by atoms with Gasteiger partial charge in [-0.15, -0.1) is 0 Å². The largest absolute Gasteiger partial charge is 0.350 e.